The number of unbranched alkanes of at least 4 members (excludes halogenated alkanes) is 14. The zero-order valence-corrected chi connectivity index (χ0v) is 36.7. The molecule has 0 radical (unpaired) electrons. The van der Waals surface area contributed by atoms with E-state index in [-0.39, 0.29) is 60.0 Å². The predicted molar refractivity (Wildman–Crippen MR) is 222 cm³/mol. The summed E-state index contributed by atoms with van der Waals surface area (Å²) in [4.78, 5) is 25.5. The summed E-state index contributed by atoms with van der Waals surface area (Å²) in [5.74, 6) is -0.561. The second-order valence-electron chi connectivity index (χ2n) is 16.6. The molecule has 2 fully saturated rings. The maximum Gasteiger partial charge on any atom is 0.228 e. The van der Waals surface area contributed by atoms with Crippen LogP contribution in [0, 0.1) is 5.92 Å². The van der Waals surface area contributed by atoms with E-state index in [1.807, 2.05) is 0 Å². The molecule has 2 aliphatic heterocycles. The first kappa shape index (κ1) is 49.5. The van der Waals surface area contributed by atoms with Crippen molar-refractivity contribution < 1.29 is 52.6 Å². The minimum atomic E-state index is -0.682. The monoisotopic (exact) mass is 809 g/mol. The predicted octanol–water partition coefficient (Wildman–Crippen LogP) is 9.46. The van der Waals surface area contributed by atoms with Crippen molar-refractivity contribution in [2.24, 2.45) is 5.92 Å². The van der Waals surface area contributed by atoms with Gasteiger partial charge in [-0.15, -0.1) is 0 Å². The Morgan fingerprint density at radius 3 is 1.72 bits per heavy atom. The number of carbonyl (C=O) groups is 2. The Balaban J connectivity index is 1.31. The van der Waals surface area contributed by atoms with E-state index in [0.717, 1.165) is 64.2 Å². The number of aliphatic hydroxyl groups excluding tert-OH is 1. The summed E-state index contributed by atoms with van der Waals surface area (Å²) in [5.41, 5.74) is 0.635. The second kappa shape index (κ2) is 29.4. The Bertz CT molecular complexity index is 1180. The Labute approximate surface area is 345 Å². The molecule has 330 valence electrons. The molecular formula is C46H80O11. The van der Waals surface area contributed by atoms with E-state index in [9.17, 15) is 14.7 Å². The molecule has 3 aliphatic rings. The summed E-state index contributed by atoms with van der Waals surface area (Å²) >= 11 is 0. The number of methoxy groups -OCH3 is 4. The van der Waals surface area contributed by atoms with Gasteiger partial charge in [-0.3, -0.25) is 9.59 Å². The number of carbonyl (C=O) groups excluding carboxylic acids is 2. The highest BCUT2D eigenvalue weighted by molar-refractivity contribution is 6.23. The van der Waals surface area contributed by atoms with Crippen LogP contribution in [-0.2, 0) is 47.5 Å². The van der Waals surface area contributed by atoms with Gasteiger partial charge in [0.15, 0.2) is 0 Å². The van der Waals surface area contributed by atoms with Crippen molar-refractivity contribution in [1.82, 2.24) is 0 Å². The summed E-state index contributed by atoms with van der Waals surface area (Å²) < 4.78 is 46.2. The van der Waals surface area contributed by atoms with Gasteiger partial charge >= 0.3 is 0 Å². The molecule has 0 spiro atoms. The van der Waals surface area contributed by atoms with Gasteiger partial charge in [-0.25, -0.2) is 0 Å². The molecule has 7 atom stereocenters. The summed E-state index contributed by atoms with van der Waals surface area (Å²) in [6, 6.07) is 0. The molecule has 3 rings (SSSR count). The first-order valence-electron chi connectivity index (χ1n) is 22.6. The Kier molecular flexibility index (Phi) is 25.5. The lowest BCUT2D eigenvalue weighted by Gasteiger charge is -2.27. The van der Waals surface area contributed by atoms with Gasteiger partial charge in [0, 0.05) is 37.7 Å². The van der Waals surface area contributed by atoms with Crippen LogP contribution in [0.4, 0.5) is 0 Å². The lowest BCUT2D eigenvalue weighted by molar-refractivity contribution is -0.146. The Morgan fingerprint density at radius 2 is 1.14 bits per heavy atom. The third-order valence-electron chi connectivity index (χ3n) is 12.2. The first-order valence-corrected chi connectivity index (χ1v) is 22.6. The molecule has 2 heterocycles. The number of Topliss-reactive ketones (excluding diaryl/α,β-unsaturated/α-hetero) is 2. The van der Waals surface area contributed by atoms with E-state index in [4.69, 9.17) is 37.9 Å². The third kappa shape index (κ3) is 17.3. The number of rotatable bonds is 34. The van der Waals surface area contributed by atoms with E-state index in [1.54, 1.807) is 21.1 Å². The molecular weight excluding hydrogens is 728 g/mol. The van der Waals surface area contributed by atoms with Crippen LogP contribution in [0.1, 0.15) is 168 Å². The fraction of sp³-hybridized carbons (Fsp3) is 0.870. The SMILES string of the molecule is CCCCCCCCCCC(OCOC)C1CCC(C2CCC(C(CCCCCCCCCCC(O)CC3=C(C)C(=O)C(OC)=C(OC)C3=O)COCOC)O2)O1. The van der Waals surface area contributed by atoms with Crippen molar-refractivity contribution in [2.45, 2.75) is 205 Å². The quantitative estimate of drug-likeness (QED) is 0.0379. The Hall–Kier alpha value is -1.86. The van der Waals surface area contributed by atoms with Crippen LogP contribution in [0.25, 0.3) is 0 Å². The van der Waals surface area contributed by atoms with Gasteiger partial charge in [0.05, 0.1) is 57.5 Å². The Morgan fingerprint density at radius 1 is 0.632 bits per heavy atom. The molecule has 57 heavy (non-hydrogen) atoms. The van der Waals surface area contributed by atoms with E-state index < -0.39 is 6.10 Å². The second-order valence-corrected chi connectivity index (χ2v) is 16.6. The highest BCUT2D eigenvalue weighted by atomic mass is 16.7. The van der Waals surface area contributed by atoms with Gasteiger partial charge in [-0.05, 0) is 51.9 Å². The van der Waals surface area contributed by atoms with Gasteiger partial charge in [0.2, 0.25) is 23.1 Å². The zero-order chi connectivity index (χ0) is 41.3. The van der Waals surface area contributed by atoms with Crippen LogP contribution in [0.2, 0.25) is 0 Å². The molecule has 0 saturated carbocycles. The highest BCUT2D eigenvalue weighted by Crippen LogP contribution is 2.37. The fourth-order valence-electron chi connectivity index (χ4n) is 8.84. The zero-order valence-electron chi connectivity index (χ0n) is 36.7. The topological polar surface area (TPSA) is 128 Å². The van der Waals surface area contributed by atoms with Crippen molar-refractivity contribution in [3.8, 4) is 0 Å². The molecule has 0 aromatic rings. The van der Waals surface area contributed by atoms with Gasteiger partial charge in [0.1, 0.15) is 13.6 Å². The molecule has 0 amide bonds. The number of hydrogen-bond acceptors (Lipinski definition) is 11. The number of ether oxygens (including phenoxy) is 8. The lowest BCUT2D eigenvalue weighted by atomic mass is 9.88. The average Bonchev–Trinajstić information content (AvgIpc) is 3.91. The molecule has 11 nitrogen and oxygen atoms in total. The third-order valence-corrected chi connectivity index (χ3v) is 12.2. The number of allylic oxidation sites excluding steroid dienone is 2. The van der Waals surface area contributed by atoms with Crippen molar-refractivity contribution in [3.63, 3.8) is 0 Å². The average molecular weight is 809 g/mol. The van der Waals surface area contributed by atoms with Crippen LogP contribution in [0.5, 0.6) is 0 Å². The molecule has 1 aliphatic carbocycles. The lowest BCUT2D eigenvalue weighted by Crippen LogP contribution is -2.34. The maximum absolute atomic E-state index is 12.9. The van der Waals surface area contributed by atoms with Crippen molar-refractivity contribution in [3.05, 3.63) is 22.7 Å². The van der Waals surface area contributed by atoms with E-state index in [0.29, 0.717) is 43.7 Å². The largest absolute Gasteiger partial charge is 0.489 e. The minimum Gasteiger partial charge on any atom is -0.489 e. The van der Waals surface area contributed by atoms with Gasteiger partial charge < -0.3 is 43.0 Å². The number of ketones is 2. The molecule has 0 bridgehead atoms. The number of aliphatic hydroxyl groups is 1. The van der Waals surface area contributed by atoms with Gasteiger partial charge in [0.25, 0.3) is 0 Å². The molecule has 2 saturated heterocycles. The van der Waals surface area contributed by atoms with E-state index in [2.05, 4.69) is 6.92 Å². The van der Waals surface area contributed by atoms with E-state index in [1.165, 1.54) is 91.3 Å². The van der Waals surface area contributed by atoms with E-state index >= 15 is 0 Å². The summed E-state index contributed by atoms with van der Waals surface area (Å²) in [6.45, 7) is 5.14. The standard InChI is InChI=1S/C46H80O11/c1-7-8-9-10-11-16-19-22-25-39(55-33-51-4)40-28-29-42(57-40)41-27-26-38(56-41)35(31-54-32-50-3)23-20-17-14-12-13-15-18-21-24-36(47)30-37-34(2)43(48)45(52-5)46(53-6)44(37)49/h35-36,38-42,47H,7-33H2,1-6H3. The fourth-order valence-corrected chi connectivity index (χ4v) is 8.84. The van der Waals surface area contributed by atoms with Crippen molar-refractivity contribution >= 4 is 11.6 Å². The van der Waals surface area contributed by atoms with Crippen LogP contribution < -0.4 is 0 Å². The van der Waals surface area contributed by atoms with Crippen molar-refractivity contribution in [1.29, 1.82) is 0 Å². The van der Waals surface area contributed by atoms with Crippen LogP contribution in [-0.4, -0.2) is 102 Å². The van der Waals surface area contributed by atoms with Gasteiger partial charge in [-0.1, -0.05) is 110 Å². The minimum absolute atomic E-state index is 0.0724. The molecule has 7 unspecified atom stereocenters. The smallest absolute Gasteiger partial charge is 0.228 e. The molecule has 1 N–H and O–H groups in total. The highest BCUT2D eigenvalue weighted by Gasteiger charge is 2.42. The maximum atomic E-state index is 12.9. The van der Waals surface area contributed by atoms with Crippen LogP contribution in [0.3, 0.4) is 0 Å². The summed E-state index contributed by atoms with van der Waals surface area (Å²) in [6.07, 6.45) is 26.2. The molecule has 0 aromatic heterocycles. The van der Waals surface area contributed by atoms with Crippen molar-refractivity contribution in [2.75, 3.05) is 48.6 Å². The summed E-state index contributed by atoms with van der Waals surface area (Å²) in [5, 5.41) is 10.7. The molecule has 0 aromatic carbocycles. The molecule has 11 heteroatoms. The normalized spacial score (nSPS) is 23.1. The van der Waals surface area contributed by atoms with Gasteiger partial charge in [-0.2, -0.15) is 0 Å². The van der Waals surface area contributed by atoms with Crippen LogP contribution in [0.15, 0.2) is 22.7 Å². The first-order chi connectivity index (χ1) is 27.8. The number of hydrogen-bond donors (Lipinski definition) is 1. The summed E-state index contributed by atoms with van der Waals surface area (Å²) in [7, 11) is 6.05. The van der Waals surface area contributed by atoms with Crippen LogP contribution >= 0.6 is 0 Å².